The van der Waals surface area contributed by atoms with Crippen molar-refractivity contribution in [1.29, 1.82) is 0 Å². The number of azo groups is 1. The van der Waals surface area contributed by atoms with E-state index in [4.69, 9.17) is 0 Å². The molecular weight excluding hydrogens is 359 g/mol. The average Bonchev–Trinajstić information content (AvgIpc) is 2.68. The van der Waals surface area contributed by atoms with Gasteiger partial charge in [-0.05, 0) is 42.8 Å². The number of hydrogen-bond acceptors (Lipinski definition) is 4. The number of nitrogens with zero attached hydrogens (tertiary/aromatic N) is 2. The van der Waals surface area contributed by atoms with Crippen LogP contribution in [0.5, 0.6) is 0 Å². The van der Waals surface area contributed by atoms with Crippen molar-refractivity contribution in [3.05, 3.63) is 89.7 Å². The quantitative estimate of drug-likeness (QED) is 0.588. The summed E-state index contributed by atoms with van der Waals surface area (Å²) < 4.78 is 13.9. The number of benzene rings is 3. The second-order valence-corrected chi connectivity index (χ2v) is 5.89. The molecule has 140 valence electrons. The fourth-order valence-corrected chi connectivity index (χ4v) is 2.51. The van der Waals surface area contributed by atoms with Crippen molar-refractivity contribution < 1.29 is 14.0 Å². The summed E-state index contributed by atoms with van der Waals surface area (Å²) in [5, 5.41) is 12.9. The predicted molar refractivity (Wildman–Crippen MR) is 105 cm³/mol. The smallest absolute Gasteiger partial charge is 0.306 e. The molecule has 0 bridgehead atoms. The standard InChI is InChI=1S/C21H17FN4O2/c1-14-8-7-11-16(22)19(14)20(27)24-21(28)23-17-12-5-6-13-18(17)26-25-15-9-3-2-4-10-15/h2-13H,1H3,(H2,23,24,27,28). The fraction of sp³-hybridized carbons (Fsp3) is 0.0476. The second kappa shape index (κ2) is 8.68. The van der Waals surface area contributed by atoms with Gasteiger partial charge in [0.15, 0.2) is 0 Å². The molecule has 0 aliphatic heterocycles. The molecule has 3 amide bonds. The number of halogens is 1. The van der Waals surface area contributed by atoms with Crippen LogP contribution in [0.4, 0.5) is 26.2 Å². The second-order valence-electron chi connectivity index (χ2n) is 5.89. The van der Waals surface area contributed by atoms with Crippen LogP contribution in [0.15, 0.2) is 83.0 Å². The number of hydrogen-bond donors (Lipinski definition) is 2. The van der Waals surface area contributed by atoms with E-state index in [9.17, 15) is 14.0 Å². The van der Waals surface area contributed by atoms with Crippen molar-refractivity contribution >= 4 is 29.0 Å². The molecule has 0 heterocycles. The van der Waals surface area contributed by atoms with E-state index in [1.54, 1.807) is 49.4 Å². The molecule has 0 saturated carbocycles. The zero-order valence-corrected chi connectivity index (χ0v) is 15.0. The summed E-state index contributed by atoms with van der Waals surface area (Å²) in [6, 6.07) is 19.3. The van der Waals surface area contributed by atoms with Gasteiger partial charge in [0.05, 0.1) is 16.9 Å². The Morgan fingerprint density at radius 3 is 2.32 bits per heavy atom. The maximum atomic E-state index is 13.9. The molecule has 0 aliphatic carbocycles. The number of imide groups is 1. The van der Waals surface area contributed by atoms with Crippen LogP contribution in [-0.4, -0.2) is 11.9 Å². The predicted octanol–water partition coefficient (Wildman–Crippen LogP) is 5.51. The summed E-state index contributed by atoms with van der Waals surface area (Å²) in [4.78, 5) is 24.4. The molecule has 0 aliphatic rings. The van der Waals surface area contributed by atoms with Crippen molar-refractivity contribution in [1.82, 2.24) is 5.32 Å². The Hall–Kier alpha value is -3.87. The van der Waals surface area contributed by atoms with Gasteiger partial charge in [-0.15, -0.1) is 5.11 Å². The van der Waals surface area contributed by atoms with Crippen LogP contribution >= 0.6 is 0 Å². The number of nitrogens with one attached hydrogen (secondary N) is 2. The lowest BCUT2D eigenvalue weighted by Gasteiger charge is -2.10. The van der Waals surface area contributed by atoms with Gasteiger partial charge in [0.1, 0.15) is 11.5 Å². The highest BCUT2D eigenvalue weighted by Crippen LogP contribution is 2.26. The van der Waals surface area contributed by atoms with Gasteiger partial charge in [0.2, 0.25) is 0 Å². The van der Waals surface area contributed by atoms with E-state index < -0.39 is 17.8 Å². The van der Waals surface area contributed by atoms with E-state index in [0.29, 0.717) is 22.6 Å². The Morgan fingerprint density at radius 2 is 1.57 bits per heavy atom. The minimum absolute atomic E-state index is 0.172. The average molecular weight is 376 g/mol. The fourth-order valence-electron chi connectivity index (χ4n) is 2.51. The van der Waals surface area contributed by atoms with Gasteiger partial charge in [-0.2, -0.15) is 5.11 Å². The molecule has 0 unspecified atom stereocenters. The largest absolute Gasteiger partial charge is 0.326 e. The molecule has 3 rings (SSSR count). The van der Waals surface area contributed by atoms with Crippen LogP contribution in [0.2, 0.25) is 0 Å². The number of anilines is 1. The lowest BCUT2D eigenvalue weighted by Crippen LogP contribution is -2.35. The minimum atomic E-state index is -0.823. The summed E-state index contributed by atoms with van der Waals surface area (Å²) >= 11 is 0. The lowest BCUT2D eigenvalue weighted by molar-refractivity contribution is 0.0962. The monoisotopic (exact) mass is 376 g/mol. The zero-order chi connectivity index (χ0) is 19.9. The van der Waals surface area contributed by atoms with Crippen LogP contribution in [0.1, 0.15) is 15.9 Å². The normalized spacial score (nSPS) is 10.6. The number of carbonyl (C=O) groups excluding carboxylic acids is 2. The molecule has 0 fully saturated rings. The first-order valence-electron chi connectivity index (χ1n) is 8.48. The van der Waals surface area contributed by atoms with Crippen LogP contribution < -0.4 is 10.6 Å². The molecule has 2 N–H and O–H groups in total. The Morgan fingerprint density at radius 1 is 0.857 bits per heavy atom. The van der Waals surface area contributed by atoms with E-state index in [1.807, 2.05) is 18.2 Å². The third kappa shape index (κ3) is 4.64. The number of amides is 3. The number of carbonyl (C=O) groups is 2. The summed E-state index contributed by atoms with van der Waals surface area (Å²) in [6.45, 7) is 1.59. The molecule has 28 heavy (non-hydrogen) atoms. The van der Waals surface area contributed by atoms with Crippen molar-refractivity contribution in [2.75, 3.05) is 5.32 Å². The third-order valence-corrected chi connectivity index (χ3v) is 3.86. The number of para-hydroxylation sites is 1. The molecule has 0 atom stereocenters. The molecule has 0 spiro atoms. The molecule has 6 nitrogen and oxygen atoms in total. The van der Waals surface area contributed by atoms with Crippen LogP contribution in [0, 0.1) is 12.7 Å². The van der Waals surface area contributed by atoms with Crippen LogP contribution in [0.3, 0.4) is 0 Å². The first-order chi connectivity index (χ1) is 13.5. The van der Waals surface area contributed by atoms with Crippen molar-refractivity contribution in [3.63, 3.8) is 0 Å². The maximum absolute atomic E-state index is 13.9. The summed E-state index contributed by atoms with van der Waals surface area (Å²) in [7, 11) is 0. The Balaban J connectivity index is 1.73. The van der Waals surface area contributed by atoms with E-state index in [0.717, 1.165) is 0 Å². The van der Waals surface area contributed by atoms with Crippen LogP contribution in [0.25, 0.3) is 0 Å². The molecule has 7 heteroatoms. The maximum Gasteiger partial charge on any atom is 0.326 e. The summed E-state index contributed by atoms with van der Waals surface area (Å²) in [6.07, 6.45) is 0. The Labute approximate surface area is 161 Å². The summed E-state index contributed by atoms with van der Waals surface area (Å²) in [5.41, 5.74) is 1.69. The summed E-state index contributed by atoms with van der Waals surface area (Å²) in [5.74, 6) is -1.51. The van der Waals surface area contributed by atoms with Gasteiger partial charge in [0.25, 0.3) is 5.91 Å². The first kappa shape index (κ1) is 18.9. The Bertz CT molecular complexity index is 1020. The molecule has 3 aromatic rings. The van der Waals surface area contributed by atoms with Gasteiger partial charge >= 0.3 is 6.03 Å². The van der Waals surface area contributed by atoms with Crippen molar-refractivity contribution in [2.45, 2.75) is 6.92 Å². The highest BCUT2D eigenvalue weighted by molar-refractivity contribution is 6.09. The molecular formula is C21H17FN4O2. The highest BCUT2D eigenvalue weighted by Gasteiger charge is 2.17. The zero-order valence-electron chi connectivity index (χ0n) is 15.0. The topological polar surface area (TPSA) is 82.9 Å². The molecule has 0 radical (unpaired) electrons. The van der Waals surface area contributed by atoms with Crippen molar-refractivity contribution in [2.24, 2.45) is 10.2 Å². The van der Waals surface area contributed by atoms with Gasteiger partial charge < -0.3 is 5.32 Å². The molecule has 3 aromatic carbocycles. The lowest BCUT2D eigenvalue weighted by atomic mass is 10.1. The van der Waals surface area contributed by atoms with Crippen LogP contribution in [-0.2, 0) is 0 Å². The number of rotatable bonds is 4. The SMILES string of the molecule is Cc1cccc(F)c1C(=O)NC(=O)Nc1ccccc1N=Nc1ccccc1. The van der Waals surface area contributed by atoms with Gasteiger partial charge in [-0.25, -0.2) is 9.18 Å². The first-order valence-corrected chi connectivity index (χ1v) is 8.48. The minimum Gasteiger partial charge on any atom is -0.306 e. The number of urea groups is 1. The van der Waals surface area contributed by atoms with E-state index in [-0.39, 0.29) is 5.56 Å². The Kier molecular flexibility index (Phi) is 5.86. The van der Waals surface area contributed by atoms with Gasteiger partial charge in [0, 0.05) is 0 Å². The molecule has 0 saturated heterocycles. The van der Waals surface area contributed by atoms with E-state index in [1.165, 1.54) is 12.1 Å². The third-order valence-electron chi connectivity index (χ3n) is 3.86. The van der Waals surface area contributed by atoms with E-state index >= 15 is 0 Å². The highest BCUT2D eigenvalue weighted by atomic mass is 19.1. The number of aryl methyl sites for hydroxylation is 1. The molecule has 0 aromatic heterocycles. The van der Waals surface area contributed by atoms with Gasteiger partial charge in [-0.3, -0.25) is 10.1 Å². The van der Waals surface area contributed by atoms with E-state index in [2.05, 4.69) is 20.9 Å². The van der Waals surface area contributed by atoms with Crippen molar-refractivity contribution in [3.8, 4) is 0 Å². The van der Waals surface area contributed by atoms with Gasteiger partial charge in [-0.1, -0.05) is 42.5 Å².